The molecule has 5 nitrogen and oxygen atoms in total. The Morgan fingerprint density at radius 1 is 1.32 bits per heavy atom. The summed E-state index contributed by atoms with van der Waals surface area (Å²) in [5.41, 5.74) is 1.65. The third-order valence-electron chi connectivity index (χ3n) is 3.59. The molecule has 1 aliphatic heterocycles. The number of hydrogen-bond acceptors (Lipinski definition) is 4. The van der Waals surface area contributed by atoms with Crippen molar-refractivity contribution in [3.63, 3.8) is 0 Å². The molecular formula is C17H26N2O3. The lowest BCUT2D eigenvalue weighted by Gasteiger charge is -2.35. The first-order valence-electron chi connectivity index (χ1n) is 7.77. The number of carbonyl (C=O) groups is 1. The smallest absolute Gasteiger partial charge is 0.410 e. The van der Waals surface area contributed by atoms with E-state index in [-0.39, 0.29) is 18.7 Å². The van der Waals surface area contributed by atoms with Crippen LogP contribution in [0.3, 0.4) is 0 Å². The number of amides is 1. The lowest BCUT2D eigenvalue weighted by Crippen LogP contribution is -2.54. The van der Waals surface area contributed by atoms with Gasteiger partial charge in [0.15, 0.2) is 0 Å². The number of nitrogens with one attached hydrogen (secondary N) is 1. The van der Waals surface area contributed by atoms with E-state index in [4.69, 9.17) is 9.84 Å². The minimum Gasteiger partial charge on any atom is -0.444 e. The lowest BCUT2D eigenvalue weighted by molar-refractivity contribution is 0.0195. The third-order valence-corrected chi connectivity index (χ3v) is 3.59. The van der Waals surface area contributed by atoms with E-state index in [0.29, 0.717) is 13.1 Å². The van der Waals surface area contributed by atoms with Crippen molar-refractivity contribution >= 4 is 6.09 Å². The van der Waals surface area contributed by atoms with E-state index in [9.17, 15) is 4.79 Å². The SMILES string of the molecule is CC(C)(C)OC(=O)N1CCN[C@H](Cc2ccc(CO)cc2)C1. The van der Waals surface area contributed by atoms with Crippen LogP contribution in [0.15, 0.2) is 24.3 Å². The monoisotopic (exact) mass is 306 g/mol. The molecule has 2 N–H and O–H groups in total. The highest BCUT2D eigenvalue weighted by Crippen LogP contribution is 2.13. The van der Waals surface area contributed by atoms with Crippen molar-refractivity contribution in [2.24, 2.45) is 0 Å². The van der Waals surface area contributed by atoms with Gasteiger partial charge in [0.05, 0.1) is 6.61 Å². The van der Waals surface area contributed by atoms with Gasteiger partial charge in [-0.2, -0.15) is 0 Å². The van der Waals surface area contributed by atoms with Crippen LogP contribution in [-0.2, 0) is 17.8 Å². The molecule has 1 aromatic rings. The Morgan fingerprint density at radius 3 is 2.55 bits per heavy atom. The first-order valence-corrected chi connectivity index (χ1v) is 7.77. The van der Waals surface area contributed by atoms with E-state index in [1.807, 2.05) is 45.0 Å². The van der Waals surface area contributed by atoms with Crippen LogP contribution < -0.4 is 5.32 Å². The van der Waals surface area contributed by atoms with Crippen LogP contribution in [0.1, 0.15) is 31.9 Å². The van der Waals surface area contributed by atoms with E-state index in [0.717, 1.165) is 18.5 Å². The first-order chi connectivity index (χ1) is 10.4. The summed E-state index contributed by atoms with van der Waals surface area (Å²) in [6.07, 6.45) is 0.611. The zero-order chi connectivity index (χ0) is 16.2. The normalized spacial score (nSPS) is 19.1. The molecule has 1 aliphatic rings. The highest BCUT2D eigenvalue weighted by molar-refractivity contribution is 5.68. The first kappa shape index (κ1) is 16.8. The van der Waals surface area contributed by atoms with E-state index in [1.54, 1.807) is 4.90 Å². The highest BCUT2D eigenvalue weighted by Gasteiger charge is 2.27. The molecule has 0 bridgehead atoms. The molecule has 0 radical (unpaired) electrons. The second-order valence-electron chi connectivity index (χ2n) is 6.76. The van der Waals surface area contributed by atoms with Crippen LogP contribution >= 0.6 is 0 Å². The van der Waals surface area contributed by atoms with Gasteiger partial charge >= 0.3 is 6.09 Å². The maximum Gasteiger partial charge on any atom is 0.410 e. The number of rotatable bonds is 3. The fraction of sp³-hybridized carbons (Fsp3) is 0.588. The van der Waals surface area contributed by atoms with Gasteiger partial charge in [0.2, 0.25) is 0 Å². The van der Waals surface area contributed by atoms with Crippen LogP contribution in [0.5, 0.6) is 0 Å². The predicted octanol–water partition coefficient (Wildman–Crippen LogP) is 1.93. The molecule has 1 amide bonds. The largest absolute Gasteiger partial charge is 0.444 e. The van der Waals surface area contributed by atoms with Crippen molar-refractivity contribution in [3.05, 3.63) is 35.4 Å². The average molecular weight is 306 g/mol. The zero-order valence-electron chi connectivity index (χ0n) is 13.6. The number of aliphatic hydroxyl groups excluding tert-OH is 1. The summed E-state index contributed by atoms with van der Waals surface area (Å²) < 4.78 is 5.44. The van der Waals surface area contributed by atoms with Gasteiger partial charge in [-0.1, -0.05) is 24.3 Å². The fourth-order valence-electron chi connectivity index (χ4n) is 2.52. The molecule has 0 spiro atoms. The number of hydrogen-bond donors (Lipinski definition) is 2. The molecule has 2 rings (SSSR count). The minimum atomic E-state index is -0.461. The Kier molecular flexibility index (Phi) is 5.42. The summed E-state index contributed by atoms with van der Waals surface area (Å²) in [4.78, 5) is 13.9. The van der Waals surface area contributed by atoms with Gasteiger partial charge in [-0.05, 0) is 38.3 Å². The summed E-state index contributed by atoms with van der Waals surface area (Å²) >= 11 is 0. The van der Waals surface area contributed by atoms with Gasteiger partial charge in [-0.25, -0.2) is 4.79 Å². The number of benzene rings is 1. The topological polar surface area (TPSA) is 61.8 Å². The van der Waals surface area contributed by atoms with Gasteiger partial charge in [0.25, 0.3) is 0 Å². The molecule has 0 aliphatic carbocycles. The summed E-state index contributed by atoms with van der Waals surface area (Å²) in [6, 6.07) is 8.15. The molecule has 1 fully saturated rings. The van der Waals surface area contributed by atoms with E-state index in [1.165, 1.54) is 5.56 Å². The van der Waals surface area contributed by atoms with Gasteiger partial charge in [-0.3, -0.25) is 0 Å². The van der Waals surface area contributed by atoms with Crippen molar-refractivity contribution < 1.29 is 14.6 Å². The minimum absolute atomic E-state index is 0.0639. The zero-order valence-corrected chi connectivity index (χ0v) is 13.6. The van der Waals surface area contributed by atoms with Gasteiger partial charge in [0.1, 0.15) is 5.60 Å². The summed E-state index contributed by atoms with van der Waals surface area (Å²) in [6.45, 7) is 7.81. The second-order valence-corrected chi connectivity index (χ2v) is 6.76. The fourth-order valence-corrected chi connectivity index (χ4v) is 2.52. The maximum absolute atomic E-state index is 12.1. The molecule has 0 aromatic heterocycles. The van der Waals surface area contributed by atoms with E-state index in [2.05, 4.69) is 5.32 Å². The van der Waals surface area contributed by atoms with Crippen LogP contribution in [0.2, 0.25) is 0 Å². The Hall–Kier alpha value is -1.59. The third kappa shape index (κ3) is 5.00. The van der Waals surface area contributed by atoms with Crippen molar-refractivity contribution in [2.45, 2.75) is 45.4 Å². The lowest BCUT2D eigenvalue weighted by atomic mass is 10.0. The molecule has 22 heavy (non-hydrogen) atoms. The number of aliphatic hydroxyl groups is 1. The Bertz CT molecular complexity index is 494. The van der Waals surface area contributed by atoms with Crippen LogP contribution in [0.25, 0.3) is 0 Å². The van der Waals surface area contributed by atoms with Crippen LogP contribution in [-0.4, -0.2) is 47.4 Å². The molecule has 0 saturated carbocycles. The van der Waals surface area contributed by atoms with Crippen molar-refractivity contribution in [1.29, 1.82) is 0 Å². The second kappa shape index (κ2) is 7.11. The molecule has 1 saturated heterocycles. The van der Waals surface area contributed by atoms with Crippen molar-refractivity contribution in [3.8, 4) is 0 Å². The Labute approximate surface area is 132 Å². The molecule has 5 heteroatoms. The Morgan fingerprint density at radius 2 is 1.95 bits per heavy atom. The maximum atomic E-state index is 12.1. The van der Waals surface area contributed by atoms with Gasteiger partial charge in [0, 0.05) is 25.7 Å². The molecule has 122 valence electrons. The van der Waals surface area contributed by atoms with Gasteiger partial charge in [-0.15, -0.1) is 0 Å². The van der Waals surface area contributed by atoms with Crippen LogP contribution in [0, 0.1) is 0 Å². The average Bonchev–Trinajstić information content (AvgIpc) is 2.46. The molecule has 1 heterocycles. The number of nitrogens with zero attached hydrogens (tertiary/aromatic N) is 1. The molecule has 1 atom stereocenters. The number of ether oxygens (including phenoxy) is 1. The number of carbonyl (C=O) groups excluding carboxylic acids is 1. The quantitative estimate of drug-likeness (QED) is 0.896. The van der Waals surface area contributed by atoms with Gasteiger partial charge < -0.3 is 20.1 Å². The summed E-state index contributed by atoms with van der Waals surface area (Å²) in [5.74, 6) is 0. The summed E-state index contributed by atoms with van der Waals surface area (Å²) in [5, 5.41) is 12.5. The van der Waals surface area contributed by atoms with Crippen molar-refractivity contribution in [1.82, 2.24) is 10.2 Å². The molecule has 1 aromatic carbocycles. The predicted molar refractivity (Wildman–Crippen MR) is 85.7 cm³/mol. The summed E-state index contributed by atoms with van der Waals surface area (Å²) in [7, 11) is 0. The van der Waals surface area contributed by atoms with E-state index >= 15 is 0 Å². The van der Waals surface area contributed by atoms with E-state index < -0.39 is 5.60 Å². The van der Waals surface area contributed by atoms with Crippen molar-refractivity contribution in [2.75, 3.05) is 19.6 Å². The standard InChI is InChI=1S/C17H26N2O3/c1-17(2,3)22-16(21)19-9-8-18-15(11-19)10-13-4-6-14(12-20)7-5-13/h4-7,15,18,20H,8-12H2,1-3H3/t15-/m1/s1. The number of piperazine rings is 1. The molecular weight excluding hydrogens is 280 g/mol. The molecule has 0 unspecified atom stereocenters. The van der Waals surface area contributed by atoms with Crippen LogP contribution in [0.4, 0.5) is 4.79 Å². The highest BCUT2D eigenvalue weighted by atomic mass is 16.6. The Balaban J connectivity index is 1.91.